The van der Waals surface area contributed by atoms with Crippen molar-refractivity contribution >= 4 is 29.1 Å². The van der Waals surface area contributed by atoms with Crippen molar-refractivity contribution in [3.63, 3.8) is 0 Å². The van der Waals surface area contributed by atoms with Crippen LogP contribution in [0.1, 0.15) is 18.9 Å². The summed E-state index contributed by atoms with van der Waals surface area (Å²) in [6.07, 6.45) is 5.23. The van der Waals surface area contributed by atoms with Gasteiger partial charge in [0.05, 0.1) is 0 Å². The van der Waals surface area contributed by atoms with Gasteiger partial charge in [0.1, 0.15) is 0 Å². The highest BCUT2D eigenvalue weighted by Crippen LogP contribution is 2.24. The molecule has 3 atom stereocenters. The first-order chi connectivity index (χ1) is 9.99. The van der Waals surface area contributed by atoms with Gasteiger partial charge in [-0.1, -0.05) is 48.3 Å². The Morgan fingerprint density at radius 2 is 2.19 bits per heavy atom. The quantitative estimate of drug-likeness (QED) is 0.816. The van der Waals surface area contributed by atoms with E-state index in [-0.39, 0.29) is 30.4 Å². The Morgan fingerprint density at radius 1 is 1.43 bits per heavy atom. The van der Waals surface area contributed by atoms with Crippen molar-refractivity contribution in [2.45, 2.75) is 25.8 Å². The molecule has 0 spiro atoms. The Morgan fingerprint density at radius 3 is 2.81 bits per heavy atom. The van der Waals surface area contributed by atoms with Crippen molar-refractivity contribution < 1.29 is 9.90 Å². The fourth-order valence-corrected chi connectivity index (χ4v) is 2.94. The van der Waals surface area contributed by atoms with Gasteiger partial charge in [0, 0.05) is 34.5 Å². The van der Waals surface area contributed by atoms with Crippen molar-refractivity contribution in [1.29, 1.82) is 0 Å². The maximum Gasteiger partial charge on any atom is 0.223 e. The number of carbonyl (C=O) groups excluding carboxylic acids is 1. The molecule has 21 heavy (non-hydrogen) atoms. The zero-order valence-electron chi connectivity index (χ0n) is 11.9. The Balaban J connectivity index is 1.89. The van der Waals surface area contributed by atoms with Crippen LogP contribution < -0.4 is 5.32 Å². The second-order valence-electron chi connectivity index (χ2n) is 5.52. The molecule has 1 aromatic rings. The average Bonchev–Trinajstić information content (AvgIpc) is 2.89. The lowest BCUT2D eigenvalue weighted by Gasteiger charge is -2.17. The second kappa shape index (κ2) is 7.30. The van der Waals surface area contributed by atoms with E-state index in [4.69, 9.17) is 28.3 Å². The highest BCUT2D eigenvalue weighted by atomic mass is 35.5. The van der Waals surface area contributed by atoms with Crippen LogP contribution in [0, 0.1) is 11.8 Å². The van der Waals surface area contributed by atoms with Gasteiger partial charge in [-0.05, 0) is 30.5 Å². The maximum absolute atomic E-state index is 12.2. The fourth-order valence-electron chi connectivity index (χ4n) is 2.45. The van der Waals surface area contributed by atoms with Gasteiger partial charge in [0.2, 0.25) is 5.91 Å². The van der Waals surface area contributed by atoms with Crippen LogP contribution in [0.15, 0.2) is 30.4 Å². The van der Waals surface area contributed by atoms with Crippen molar-refractivity contribution in [3.8, 4) is 0 Å². The first kappa shape index (κ1) is 16.3. The smallest absolute Gasteiger partial charge is 0.223 e. The minimum Gasteiger partial charge on any atom is -0.396 e. The molecule has 0 bridgehead atoms. The van der Waals surface area contributed by atoms with Crippen molar-refractivity contribution in [3.05, 3.63) is 46.0 Å². The van der Waals surface area contributed by atoms with E-state index in [2.05, 4.69) is 5.32 Å². The number of hydrogen-bond donors (Lipinski definition) is 2. The molecule has 1 unspecified atom stereocenters. The van der Waals surface area contributed by atoms with E-state index in [0.29, 0.717) is 16.5 Å². The van der Waals surface area contributed by atoms with Crippen LogP contribution in [-0.4, -0.2) is 23.7 Å². The van der Waals surface area contributed by atoms with E-state index in [9.17, 15) is 4.79 Å². The van der Waals surface area contributed by atoms with Gasteiger partial charge in [-0.25, -0.2) is 0 Å². The number of benzene rings is 1. The van der Waals surface area contributed by atoms with Crippen LogP contribution in [0.5, 0.6) is 0 Å². The predicted octanol–water partition coefficient (Wildman–Crippen LogP) is 3.23. The van der Waals surface area contributed by atoms with Crippen LogP contribution >= 0.6 is 23.2 Å². The fraction of sp³-hybridized carbons (Fsp3) is 0.438. The van der Waals surface area contributed by atoms with Crippen LogP contribution in [0.4, 0.5) is 0 Å². The molecule has 114 valence electrons. The summed E-state index contributed by atoms with van der Waals surface area (Å²) in [6, 6.07) is 5.33. The summed E-state index contributed by atoms with van der Waals surface area (Å²) in [4.78, 5) is 12.2. The first-order valence-electron chi connectivity index (χ1n) is 7.03. The Kier molecular flexibility index (Phi) is 5.68. The molecule has 0 saturated carbocycles. The summed E-state index contributed by atoms with van der Waals surface area (Å²) < 4.78 is 0. The zero-order valence-corrected chi connectivity index (χ0v) is 13.4. The number of hydrogen-bond acceptors (Lipinski definition) is 2. The van der Waals surface area contributed by atoms with Crippen LogP contribution in [0.25, 0.3) is 0 Å². The molecule has 0 aromatic heterocycles. The largest absolute Gasteiger partial charge is 0.396 e. The third kappa shape index (κ3) is 4.47. The minimum absolute atomic E-state index is 0.00532. The van der Waals surface area contributed by atoms with Gasteiger partial charge in [0.15, 0.2) is 0 Å². The van der Waals surface area contributed by atoms with E-state index in [1.165, 1.54) is 0 Å². The second-order valence-corrected chi connectivity index (χ2v) is 6.36. The molecule has 1 amide bonds. The van der Waals surface area contributed by atoms with Gasteiger partial charge in [-0.3, -0.25) is 4.79 Å². The first-order valence-corrected chi connectivity index (χ1v) is 7.78. The van der Waals surface area contributed by atoms with Gasteiger partial charge in [0.25, 0.3) is 0 Å². The minimum atomic E-state index is -0.176. The van der Waals surface area contributed by atoms with E-state index < -0.39 is 0 Å². The molecular formula is C16H19Cl2NO2. The SMILES string of the molecule is CC(Cc1ccc(Cl)cc1Cl)C(=O)N[C@@H]1C=C[C@H](CO)C1. The summed E-state index contributed by atoms with van der Waals surface area (Å²) in [6.45, 7) is 2.00. The van der Waals surface area contributed by atoms with Gasteiger partial charge < -0.3 is 10.4 Å². The molecule has 1 aromatic carbocycles. The predicted molar refractivity (Wildman–Crippen MR) is 85.6 cm³/mol. The number of halogens is 2. The Hall–Kier alpha value is -1.03. The van der Waals surface area contributed by atoms with Crippen molar-refractivity contribution in [2.75, 3.05) is 6.61 Å². The number of rotatable bonds is 5. The van der Waals surface area contributed by atoms with Crippen LogP contribution in [-0.2, 0) is 11.2 Å². The number of nitrogens with one attached hydrogen (secondary N) is 1. The molecule has 3 nitrogen and oxygen atoms in total. The van der Waals surface area contributed by atoms with Gasteiger partial charge in [-0.2, -0.15) is 0 Å². The lowest BCUT2D eigenvalue weighted by atomic mass is 9.99. The molecule has 2 rings (SSSR count). The van der Waals surface area contributed by atoms with Crippen molar-refractivity contribution in [1.82, 2.24) is 5.32 Å². The molecular weight excluding hydrogens is 309 g/mol. The van der Waals surface area contributed by atoms with E-state index in [1.54, 1.807) is 12.1 Å². The molecule has 0 saturated heterocycles. The van der Waals surface area contributed by atoms with Crippen LogP contribution in [0.2, 0.25) is 10.0 Å². The van der Waals surface area contributed by atoms with Crippen molar-refractivity contribution in [2.24, 2.45) is 11.8 Å². The molecule has 0 aliphatic heterocycles. The Bertz CT molecular complexity index is 545. The third-order valence-electron chi connectivity index (χ3n) is 3.72. The summed E-state index contributed by atoms with van der Waals surface area (Å²) in [5.41, 5.74) is 0.916. The maximum atomic E-state index is 12.2. The summed E-state index contributed by atoms with van der Waals surface area (Å²) >= 11 is 12.0. The molecule has 5 heteroatoms. The number of aliphatic hydroxyl groups excluding tert-OH is 1. The number of aliphatic hydroxyl groups is 1. The van der Waals surface area contributed by atoms with E-state index in [0.717, 1.165) is 12.0 Å². The standard InChI is InChI=1S/C16H19Cl2NO2/c1-10(6-12-3-4-13(17)8-15(12)18)16(21)19-14-5-2-11(7-14)9-20/h2-5,8,10-11,14,20H,6-7,9H2,1H3,(H,19,21)/t10?,11-,14+/m0/s1. The average molecular weight is 328 g/mol. The highest BCUT2D eigenvalue weighted by molar-refractivity contribution is 6.35. The summed E-state index contributed by atoms with van der Waals surface area (Å²) in [7, 11) is 0. The topological polar surface area (TPSA) is 49.3 Å². The monoisotopic (exact) mass is 327 g/mol. The molecule has 1 aliphatic carbocycles. The normalized spacial score (nSPS) is 22.3. The number of amides is 1. The van der Waals surface area contributed by atoms with Gasteiger partial charge >= 0.3 is 0 Å². The molecule has 0 radical (unpaired) electrons. The lowest BCUT2D eigenvalue weighted by molar-refractivity contribution is -0.124. The van der Waals surface area contributed by atoms with E-state index >= 15 is 0 Å². The summed E-state index contributed by atoms with van der Waals surface area (Å²) in [5.74, 6) is -0.0316. The number of carbonyl (C=O) groups is 1. The lowest BCUT2D eigenvalue weighted by Crippen LogP contribution is -2.37. The van der Waals surface area contributed by atoms with Gasteiger partial charge in [-0.15, -0.1) is 0 Å². The zero-order chi connectivity index (χ0) is 15.4. The summed E-state index contributed by atoms with van der Waals surface area (Å²) in [5, 5.41) is 13.2. The Labute approximate surface area is 134 Å². The molecule has 0 heterocycles. The third-order valence-corrected chi connectivity index (χ3v) is 4.31. The van der Waals surface area contributed by atoms with E-state index in [1.807, 2.05) is 25.1 Å². The molecule has 2 N–H and O–H groups in total. The van der Waals surface area contributed by atoms with Crippen LogP contribution in [0.3, 0.4) is 0 Å². The molecule has 0 fully saturated rings. The molecule has 1 aliphatic rings. The highest BCUT2D eigenvalue weighted by Gasteiger charge is 2.22.